The van der Waals surface area contributed by atoms with Crippen LogP contribution in [0.4, 0.5) is 23.9 Å². The van der Waals surface area contributed by atoms with Crippen molar-refractivity contribution in [2.45, 2.75) is 31.2 Å². The summed E-state index contributed by atoms with van der Waals surface area (Å²) in [5, 5.41) is 6.78. The van der Waals surface area contributed by atoms with Gasteiger partial charge in [0.15, 0.2) is 5.69 Å². The molecule has 5 N–H and O–H groups in total. The average molecular weight is 466 g/mol. The quantitative estimate of drug-likeness (QED) is 0.543. The fourth-order valence-electron chi connectivity index (χ4n) is 3.57. The number of anilines is 2. The van der Waals surface area contributed by atoms with Crippen molar-refractivity contribution in [3.63, 3.8) is 0 Å². The number of nitrogens with one attached hydrogen (secondary N) is 1. The van der Waals surface area contributed by atoms with Gasteiger partial charge >= 0.3 is 0 Å². The third-order valence-electron chi connectivity index (χ3n) is 5.27. The molecule has 1 fully saturated rings. The Morgan fingerprint density at radius 2 is 2.03 bits per heavy atom. The maximum Gasteiger partial charge on any atom is 0.277 e. The number of halogens is 3. The van der Waals surface area contributed by atoms with Gasteiger partial charge in [0, 0.05) is 13.1 Å². The van der Waals surface area contributed by atoms with E-state index in [0.29, 0.717) is 24.2 Å². The van der Waals surface area contributed by atoms with Gasteiger partial charge in [0.05, 0.1) is 29.7 Å². The molecule has 0 aliphatic carbocycles. The third kappa shape index (κ3) is 4.20. The van der Waals surface area contributed by atoms with Gasteiger partial charge in [-0.2, -0.15) is 5.10 Å². The Kier molecular flexibility index (Phi) is 6.17. The molecule has 4 rings (SSSR count). The van der Waals surface area contributed by atoms with Gasteiger partial charge < -0.3 is 21.5 Å². The van der Waals surface area contributed by atoms with E-state index in [2.05, 4.69) is 15.4 Å². The van der Waals surface area contributed by atoms with Crippen LogP contribution in [0.3, 0.4) is 0 Å². The zero-order valence-corrected chi connectivity index (χ0v) is 17.8. The minimum atomic E-state index is -1.28. The number of aryl methyl sites for hydroxylation is 1. The molecule has 170 valence electrons. The first-order valence-corrected chi connectivity index (χ1v) is 10.6. The lowest BCUT2D eigenvalue weighted by molar-refractivity contribution is 0.0247. The largest absolute Gasteiger partial charge is 0.389 e. The van der Waals surface area contributed by atoms with Crippen molar-refractivity contribution in [2.24, 2.45) is 12.8 Å². The van der Waals surface area contributed by atoms with E-state index < -0.39 is 35.9 Å². The van der Waals surface area contributed by atoms with Crippen LogP contribution in [-0.4, -0.2) is 39.5 Å². The van der Waals surface area contributed by atoms with Crippen LogP contribution in [0.5, 0.6) is 0 Å². The molecule has 3 heterocycles. The molecule has 0 saturated carbocycles. The molecule has 0 spiro atoms. The molecule has 32 heavy (non-hydrogen) atoms. The molecular formula is C20H21F3N6O2S. The highest BCUT2D eigenvalue weighted by molar-refractivity contribution is 7.19. The lowest BCUT2D eigenvalue weighted by Crippen LogP contribution is -2.32. The first kappa shape index (κ1) is 22.2. The number of rotatable bonds is 4. The van der Waals surface area contributed by atoms with Crippen molar-refractivity contribution >= 4 is 27.9 Å². The molecule has 3 unspecified atom stereocenters. The molecule has 3 aromatic rings. The maximum atomic E-state index is 14.1. The minimum absolute atomic E-state index is 0.00237. The van der Waals surface area contributed by atoms with Crippen LogP contribution in [0.15, 0.2) is 24.4 Å². The number of amides is 1. The number of nitrogens with zero attached hydrogens (tertiary/aromatic N) is 3. The van der Waals surface area contributed by atoms with Gasteiger partial charge in [-0.25, -0.2) is 18.2 Å². The number of hydrogen-bond donors (Lipinski definition) is 3. The van der Waals surface area contributed by atoms with E-state index in [4.69, 9.17) is 16.2 Å². The molecule has 1 aromatic carbocycles. The number of nitrogens with two attached hydrogens (primary N) is 2. The van der Waals surface area contributed by atoms with Crippen molar-refractivity contribution in [1.82, 2.24) is 14.8 Å². The number of carbonyl (C=O) groups is 1. The highest BCUT2D eigenvalue weighted by Gasteiger charge is 2.30. The fourth-order valence-corrected chi connectivity index (χ4v) is 4.44. The van der Waals surface area contributed by atoms with Gasteiger partial charge in [-0.05, 0) is 25.0 Å². The predicted octanol–water partition coefficient (Wildman–Crippen LogP) is 3.17. The van der Waals surface area contributed by atoms with Gasteiger partial charge in [-0.3, -0.25) is 9.48 Å². The van der Waals surface area contributed by atoms with Crippen LogP contribution in [0.1, 0.15) is 35.1 Å². The molecule has 0 radical (unpaired) electrons. The number of aromatic nitrogens is 3. The number of benzene rings is 1. The summed E-state index contributed by atoms with van der Waals surface area (Å²) in [5.41, 5.74) is 12.1. The minimum Gasteiger partial charge on any atom is -0.389 e. The summed E-state index contributed by atoms with van der Waals surface area (Å²) >= 11 is 0.800. The van der Waals surface area contributed by atoms with Crippen molar-refractivity contribution < 1.29 is 22.7 Å². The Balaban J connectivity index is 1.59. The van der Waals surface area contributed by atoms with Gasteiger partial charge in [0.1, 0.15) is 33.9 Å². The number of carbonyl (C=O) groups excluding carboxylic acids is 1. The summed E-state index contributed by atoms with van der Waals surface area (Å²) in [4.78, 5) is 16.9. The summed E-state index contributed by atoms with van der Waals surface area (Å²) < 4.78 is 49.3. The number of nitrogen functional groups attached to an aromatic ring is 1. The van der Waals surface area contributed by atoms with E-state index in [-0.39, 0.29) is 27.9 Å². The van der Waals surface area contributed by atoms with E-state index in [1.165, 1.54) is 16.9 Å². The lowest BCUT2D eigenvalue weighted by atomic mass is 10.0. The number of alkyl halides is 1. The Bertz CT molecular complexity index is 1120. The van der Waals surface area contributed by atoms with Gasteiger partial charge in [0.2, 0.25) is 0 Å². The SMILES string of the molecule is Cn1ncc(NC(=O)c2nc(-c3c(F)cccc3F)sc2N)c1C1CCC(N)C(F)CO1. The second kappa shape index (κ2) is 8.88. The van der Waals surface area contributed by atoms with Crippen LogP contribution in [0.25, 0.3) is 10.6 Å². The maximum absolute atomic E-state index is 14.1. The van der Waals surface area contributed by atoms with Crippen LogP contribution >= 0.6 is 11.3 Å². The fraction of sp³-hybridized carbons (Fsp3) is 0.350. The second-order valence-electron chi connectivity index (χ2n) is 7.43. The van der Waals surface area contributed by atoms with E-state index in [9.17, 15) is 18.0 Å². The molecule has 8 nitrogen and oxygen atoms in total. The number of hydrogen-bond acceptors (Lipinski definition) is 7. The second-order valence-corrected chi connectivity index (χ2v) is 8.46. The van der Waals surface area contributed by atoms with Crippen molar-refractivity contribution in [3.8, 4) is 10.6 Å². The van der Waals surface area contributed by atoms with Crippen molar-refractivity contribution in [3.05, 3.63) is 47.4 Å². The highest BCUT2D eigenvalue weighted by Crippen LogP contribution is 2.35. The molecular weight excluding hydrogens is 445 g/mol. The summed E-state index contributed by atoms with van der Waals surface area (Å²) in [6, 6.07) is 2.80. The summed E-state index contributed by atoms with van der Waals surface area (Å²) in [6.45, 7) is -0.166. The zero-order valence-electron chi connectivity index (χ0n) is 17.0. The average Bonchev–Trinajstić information content (AvgIpc) is 3.25. The van der Waals surface area contributed by atoms with Crippen molar-refractivity contribution in [2.75, 3.05) is 17.7 Å². The Morgan fingerprint density at radius 3 is 2.75 bits per heavy atom. The molecule has 3 atom stereocenters. The summed E-state index contributed by atoms with van der Waals surface area (Å²) in [7, 11) is 1.67. The van der Waals surface area contributed by atoms with Crippen LogP contribution < -0.4 is 16.8 Å². The van der Waals surface area contributed by atoms with Crippen LogP contribution in [-0.2, 0) is 11.8 Å². The zero-order chi connectivity index (χ0) is 23.0. The highest BCUT2D eigenvalue weighted by atomic mass is 32.1. The predicted molar refractivity (Wildman–Crippen MR) is 114 cm³/mol. The van der Waals surface area contributed by atoms with E-state index >= 15 is 0 Å². The molecule has 1 amide bonds. The van der Waals surface area contributed by atoms with Gasteiger partial charge in [-0.1, -0.05) is 17.4 Å². The molecule has 2 aromatic heterocycles. The number of thiazole rings is 1. The normalized spacial score (nSPS) is 21.3. The monoisotopic (exact) mass is 466 g/mol. The molecule has 0 bridgehead atoms. The molecule has 12 heteroatoms. The summed E-state index contributed by atoms with van der Waals surface area (Å²) in [5.74, 6) is -2.30. The van der Waals surface area contributed by atoms with Crippen molar-refractivity contribution in [1.29, 1.82) is 0 Å². The third-order valence-corrected chi connectivity index (χ3v) is 6.17. The Morgan fingerprint density at radius 1 is 1.31 bits per heavy atom. The van der Waals surface area contributed by atoms with Gasteiger partial charge in [-0.15, -0.1) is 0 Å². The Hall–Kier alpha value is -2.96. The van der Waals surface area contributed by atoms with Crippen LogP contribution in [0.2, 0.25) is 0 Å². The first-order chi connectivity index (χ1) is 15.3. The number of ether oxygens (including phenoxy) is 1. The van der Waals surface area contributed by atoms with E-state index in [0.717, 1.165) is 23.5 Å². The van der Waals surface area contributed by atoms with E-state index in [1.54, 1.807) is 7.05 Å². The molecule has 1 saturated heterocycles. The molecule has 1 aliphatic rings. The van der Waals surface area contributed by atoms with Gasteiger partial charge in [0.25, 0.3) is 5.91 Å². The standard InChI is InChI=1S/C20H21F3N6O2S/c1-29-17(14-6-5-12(24)11(23)8-31-14)13(7-26-29)27-19(30)16-18(25)32-20(28-16)15-9(21)3-2-4-10(15)22/h2-4,7,11-12,14H,5-6,8,24-25H2,1H3,(H,27,30). The smallest absolute Gasteiger partial charge is 0.277 e. The molecule has 1 aliphatic heterocycles. The summed E-state index contributed by atoms with van der Waals surface area (Å²) in [6.07, 6.45) is 0.466. The van der Waals surface area contributed by atoms with Crippen LogP contribution in [0, 0.1) is 11.6 Å². The lowest BCUT2D eigenvalue weighted by Gasteiger charge is -2.17. The van der Waals surface area contributed by atoms with E-state index in [1.807, 2.05) is 0 Å². The topological polar surface area (TPSA) is 121 Å². The first-order valence-electron chi connectivity index (χ1n) is 9.81. The Labute approximate surface area is 185 Å².